The summed E-state index contributed by atoms with van der Waals surface area (Å²) >= 11 is 0. The fraction of sp³-hybridized carbons (Fsp3) is 0.647. The summed E-state index contributed by atoms with van der Waals surface area (Å²) in [5.74, 6) is 1.11. The van der Waals surface area contributed by atoms with E-state index in [4.69, 9.17) is 4.74 Å². The van der Waals surface area contributed by atoms with Gasteiger partial charge in [-0.2, -0.15) is 0 Å². The number of hydrogen-bond donors (Lipinski definition) is 1. The highest BCUT2D eigenvalue weighted by Crippen LogP contribution is 2.18. The van der Waals surface area contributed by atoms with Gasteiger partial charge >= 0.3 is 0 Å². The Bertz CT molecular complexity index is 356. The van der Waals surface area contributed by atoms with E-state index in [9.17, 15) is 0 Å². The Labute approximate surface area is 118 Å². The van der Waals surface area contributed by atoms with Crippen LogP contribution in [0, 0.1) is 5.92 Å². The van der Waals surface area contributed by atoms with Crippen molar-refractivity contribution in [2.45, 2.75) is 52.2 Å². The lowest BCUT2D eigenvalue weighted by Gasteiger charge is -2.29. The van der Waals surface area contributed by atoms with Crippen LogP contribution < -0.4 is 5.32 Å². The van der Waals surface area contributed by atoms with E-state index in [-0.39, 0.29) is 6.10 Å². The first-order valence-electron chi connectivity index (χ1n) is 7.28. The molecule has 0 aromatic heterocycles. The molecule has 0 saturated carbocycles. The van der Waals surface area contributed by atoms with Gasteiger partial charge in [0.05, 0.1) is 6.10 Å². The average Bonchev–Trinajstić information content (AvgIpc) is 2.38. The first-order chi connectivity index (χ1) is 8.99. The van der Waals surface area contributed by atoms with Crippen molar-refractivity contribution < 1.29 is 4.74 Å². The molecule has 0 aliphatic rings. The molecule has 0 aliphatic heterocycles. The fourth-order valence-electron chi connectivity index (χ4n) is 2.58. The maximum atomic E-state index is 5.64. The van der Waals surface area contributed by atoms with E-state index >= 15 is 0 Å². The molecule has 2 nitrogen and oxygen atoms in total. The second-order valence-electron chi connectivity index (χ2n) is 5.94. The molecule has 108 valence electrons. The first kappa shape index (κ1) is 16.2. The maximum absolute atomic E-state index is 5.64. The number of likely N-dealkylation sites (N-methyl/N-ethyl adjacent to an activating group) is 1. The quantitative estimate of drug-likeness (QED) is 0.811. The van der Waals surface area contributed by atoms with Gasteiger partial charge in [-0.25, -0.2) is 0 Å². The maximum Gasteiger partial charge on any atom is 0.0750 e. The summed E-state index contributed by atoms with van der Waals surface area (Å²) in [6.45, 7) is 8.87. The van der Waals surface area contributed by atoms with Crippen LogP contribution in [0.1, 0.15) is 44.7 Å². The molecule has 2 heteroatoms. The summed E-state index contributed by atoms with van der Waals surface area (Å²) in [7, 11) is 3.82. The van der Waals surface area contributed by atoms with E-state index in [2.05, 4.69) is 57.3 Å². The number of methoxy groups -OCH3 is 1. The molecule has 2 unspecified atom stereocenters. The Hall–Kier alpha value is -0.860. The van der Waals surface area contributed by atoms with Gasteiger partial charge in [0.2, 0.25) is 0 Å². The fourth-order valence-corrected chi connectivity index (χ4v) is 2.58. The monoisotopic (exact) mass is 263 g/mol. The van der Waals surface area contributed by atoms with Crippen molar-refractivity contribution in [3.63, 3.8) is 0 Å². The number of ether oxygens (including phenoxy) is 1. The van der Waals surface area contributed by atoms with Gasteiger partial charge in [0.1, 0.15) is 0 Å². The molecule has 0 bridgehead atoms. The smallest absolute Gasteiger partial charge is 0.0750 e. The highest BCUT2D eigenvalue weighted by Gasteiger charge is 2.23. The lowest BCUT2D eigenvalue weighted by atomic mass is 9.93. The van der Waals surface area contributed by atoms with Gasteiger partial charge in [0.15, 0.2) is 0 Å². The van der Waals surface area contributed by atoms with Gasteiger partial charge in [-0.1, -0.05) is 52.0 Å². The Kier molecular flexibility index (Phi) is 6.53. The van der Waals surface area contributed by atoms with Gasteiger partial charge in [-0.3, -0.25) is 0 Å². The summed E-state index contributed by atoms with van der Waals surface area (Å²) < 4.78 is 5.64. The standard InChI is InChI=1S/C17H29NO/c1-12(2)15-9-7-14(8-10-15)11-16(18-5)17(19-6)13(3)4/h7-10,12-13,16-18H,11H2,1-6H3. The second-order valence-corrected chi connectivity index (χ2v) is 5.94. The first-order valence-corrected chi connectivity index (χ1v) is 7.28. The molecule has 1 aromatic rings. The van der Waals surface area contributed by atoms with Gasteiger partial charge in [0.25, 0.3) is 0 Å². The Balaban J connectivity index is 2.75. The van der Waals surface area contributed by atoms with Gasteiger partial charge in [-0.15, -0.1) is 0 Å². The summed E-state index contributed by atoms with van der Waals surface area (Å²) in [6.07, 6.45) is 1.25. The Morgan fingerprint density at radius 2 is 1.63 bits per heavy atom. The van der Waals surface area contributed by atoms with Gasteiger partial charge < -0.3 is 10.1 Å². The summed E-state index contributed by atoms with van der Waals surface area (Å²) in [6, 6.07) is 9.32. The van der Waals surface area contributed by atoms with Crippen molar-refractivity contribution in [1.82, 2.24) is 5.32 Å². The number of hydrogen-bond acceptors (Lipinski definition) is 2. The lowest BCUT2D eigenvalue weighted by molar-refractivity contribution is 0.0354. The highest BCUT2D eigenvalue weighted by molar-refractivity contribution is 5.25. The van der Waals surface area contributed by atoms with Crippen molar-refractivity contribution in [2.24, 2.45) is 5.92 Å². The van der Waals surface area contributed by atoms with Crippen molar-refractivity contribution >= 4 is 0 Å². The molecule has 0 heterocycles. The van der Waals surface area contributed by atoms with Crippen molar-refractivity contribution in [1.29, 1.82) is 0 Å². The van der Waals surface area contributed by atoms with E-state index in [1.54, 1.807) is 7.11 Å². The molecule has 0 aliphatic carbocycles. The molecule has 0 amide bonds. The molecular formula is C17H29NO. The van der Waals surface area contributed by atoms with Gasteiger partial charge in [0, 0.05) is 13.2 Å². The van der Waals surface area contributed by atoms with E-state index in [1.807, 2.05) is 7.05 Å². The minimum atomic E-state index is 0.245. The minimum absolute atomic E-state index is 0.245. The van der Waals surface area contributed by atoms with E-state index in [1.165, 1.54) is 11.1 Å². The van der Waals surface area contributed by atoms with Crippen LogP contribution in [-0.2, 0) is 11.2 Å². The topological polar surface area (TPSA) is 21.3 Å². The SMILES string of the molecule is CNC(Cc1ccc(C(C)C)cc1)C(OC)C(C)C. The second kappa shape index (κ2) is 7.66. The van der Waals surface area contributed by atoms with Crippen LogP contribution in [0.5, 0.6) is 0 Å². The molecule has 1 aromatic carbocycles. The molecule has 1 N–H and O–H groups in total. The zero-order valence-electron chi connectivity index (χ0n) is 13.2. The van der Waals surface area contributed by atoms with Crippen molar-refractivity contribution in [2.75, 3.05) is 14.2 Å². The number of nitrogens with one attached hydrogen (secondary N) is 1. The molecule has 0 saturated heterocycles. The normalized spacial score (nSPS) is 14.9. The third-order valence-corrected chi connectivity index (χ3v) is 3.80. The molecule has 0 fully saturated rings. The third-order valence-electron chi connectivity index (χ3n) is 3.80. The third kappa shape index (κ3) is 4.63. The zero-order valence-corrected chi connectivity index (χ0v) is 13.2. The molecule has 2 atom stereocenters. The van der Waals surface area contributed by atoms with Crippen LogP contribution >= 0.6 is 0 Å². The van der Waals surface area contributed by atoms with Crippen LogP contribution in [0.15, 0.2) is 24.3 Å². The number of rotatable bonds is 7. The summed E-state index contributed by atoms with van der Waals surface area (Å²) in [4.78, 5) is 0. The Morgan fingerprint density at radius 3 is 2.00 bits per heavy atom. The van der Waals surface area contributed by atoms with E-state index in [0.717, 1.165) is 6.42 Å². The Morgan fingerprint density at radius 1 is 1.05 bits per heavy atom. The highest BCUT2D eigenvalue weighted by atomic mass is 16.5. The molecular weight excluding hydrogens is 234 g/mol. The van der Waals surface area contributed by atoms with Crippen molar-refractivity contribution in [3.05, 3.63) is 35.4 Å². The minimum Gasteiger partial charge on any atom is -0.380 e. The van der Waals surface area contributed by atoms with Crippen LogP contribution in [0.25, 0.3) is 0 Å². The number of benzene rings is 1. The molecule has 19 heavy (non-hydrogen) atoms. The van der Waals surface area contributed by atoms with Crippen LogP contribution in [0.2, 0.25) is 0 Å². The average molecular weight is 263 g/mol. The van der Waals surface area contributed by atoms with Crippen LogP contribution in [0.3, 0.4) is 0 Å². The largest absolute Gasteiger partial charge is 0.380 e. The summed E-state index contributed by atoms with van der Waals surface area (Å²) in [5.41, 5.74) is 2.77. The molecule has 1 rings (SSSR count). The zero-order chi connectivity index (χ0) is 14.4. The summed E-state index contributed by atoms with van der Waals surface area (Å²) in [5, 5.41) is 3.40. The predicted octanol–water partition coefficient (Wildman–Crippen LogP) is 3.61. The lowest BCUT2D eigenvalue weighted by Crippen LogP contribution is -2.43. The molecule has 0 radical (unpaired) electrons. The van der Waals surface area contributed by atoms with Gasteiger partial charge in [-0.05, 0) is 36.4 Å². The van der Waals surface area contributed by atoms with Crippen molar-refractivity contribution in [3.8, 4) is 0 Å². The van der Waals surface area contributed by atoms with E-state index < -0.39 is 0 Å². The predicted molar refractivity (Wildman–Crippen MR) is 82.7 cm³/mol. The van der Waals surface area contributed by atoms with Crippen LogP contribution in [-0.4, -0.2) is 26.3 Å². The van der Waals surface area contributed by atoms with Crippen LogP contribution in [0.4, 0.5) is 0 Å². The molecule has 0 spiro atoms. The van der Waals surface area contributed by atoms with E-state index in [0.29, 0.717) is 17.9 Å².